The van der Waals surface area contributed by atoms with Crippen molar-refractivity contribution >= 4 is 61.7 Å². The smallest absolute Gasteiger partial charge is 0.231 e. The van der Waals surface area contributed by atoms with Gasteiger partial charge < -0.3 is 9.47 Å². The Balaban J connectivity index is 2.37. The molecule has 3 aromatic rings. The topological polar surface area (TPSA) is 103 Å². The number of thioether (sulfide) groups is 1. The van der Waals surface area contributed by atoms with Gasteiger partial charge in [-0.1, -0.05) is 35.0 Å². The average Bonchev–Trinajstić information content (AvgIpc) is 2.67. The Morgan fingerprint density at radius 2 is 1.69 bits per heavy atom. The molecule has 2 aromatic heterocycles. The molecular formula is C17H16Cl2N4O4S2. The lowest BCUT2D eigenvalue weighted by molar-refractivity contribution is 0.395. The van der Waals surface area contributed by atoms with Crippen LogP contribution in [0.5, 0.6) is 11.5 Å². The van der Waals surface area contributed by atoms with Crippen LogP contribution in [0.15, 0.2) is 23.5 Å². The molecule has 0 aliphatic carbocycles. The second kappa shape index (κ2) is 8.39. The van der Waals surface area contributed by atoms with E-state index in [1.165, 1.54) is 26.0 Å². The van der Waals surface area contributed by atoms with Crippen molar-refractivity contribution in [2.45, 2.75) is 5.16 Å². The quantitative estimate of drug-likeness (QED) is 0.420. The molecule has 0 aliphatic heterocycles. The highest BCUT2D eigenvalue weighted by Crippen LogP contribution is 2.46. The highest BCUT2D eigenvalue weighted by molar-refractivity contribution is 7.98. The van der Waals surface area contributed by atoms with Crippen molar-refractivity contribution in [2.75, 3.05) is 31.5 Å². The van der Waals surface area contributed by atoms with Gasteiger partial charge in [0.05, 0.1) is 36.2 Å². The van der Waals surface area contributed by atoms with Crippen LogP contribution in [0.2, 0.25) is 10.0 Å². The molecule has 8 nitrogen and oxygen atoms in total. The summed E-state index contributed by atoms with van der Waals surface area (Å²) >= 11 is 14.3. The van der Waals surface area contributed by atoms with Crippen LogP contribution in [0.1, 0.15) is 0 Å². The SMILES string of the molecule is COc1cc(OC)c(Cl)c(-c2cc3cnc(SC)nc3c(NS(C)(=O)=O)n2)c1Cl. The standard InChI is InChI=1S/C17H16Cl2N4O4S2/c1-26-10-6-11(27-2)14(19)12(13(10)18)9-5-8-7-20-17(28-3)22-15(8)16(21-9)23-29(4,24)25/h5-7H,1-4H3,(H,21,23). The van der Waals surface area contributed by atoms with Gasteiger partial charge in [0.1, 0.15) is 17.0 Å². The van der Waals surface area contributed by atoms with Crippen LogP contribution in [0.25, 0.3) is 22.2 Å². The van der Waals surface area contributed by atoms with Gasteiger partial charge in [0, 0.05) is 23.2 Å². The van der Waals surface area contributed by atoms with Crippen LogP contribution in [0.4, 0.5) is 5.82 Å². The Labute approximate surface area is 182 Å². The molecule has 0 fully saturated rings. The van der Waals surface area contributed by atoms with Crippen LogP contribution in [0, 0.1) is 0 Å². The minimum atomic E-state index is -3.63. The van der Waals surface area contributed by atoms with E-state index in [1.807, 2.05) is 6.26 Å². The lowest BCUT2D eigenvalue weighted by Gasteiger charge is -2.16. The maximum Gasteiger partial charge on any atom is 0.231 e. The molecule has 0 atom stereocenters. The second-order valence-corrected chi connectivity index (χ2v) is 9.09. The van der Waals surface area contributed by atoms with Crippen LogP contribution in [0.3, 0.4) is 0 Å². The average molecular weight is 475 g/mol. The molecule has 3 rings (SSSR count). The number of hydrogen-bond donors (Lipinski definition) is 1. The number of nitrogens with one attached hydrogen (secondary N) is 1. The van der Waals surface area contributed by atoms with Crippen molar-refractivity contribution < 1.29 is 17.9 Å². The summed E-state index contributed by atoms with van der Waals surface area (Å²) in [6.45, 7) is 0. The molecule has 29 heavy (non-hydrogen) atoms. The van der Waals surface area contributed by atoms with E-state index in [-0.39, 0.29) is 15.9 Å². The molecular weight excluding hydrogens is 459 g/mol. The number of anilines is 1. The van der Waals surface area contributed by atoms with Crippen molar-refractivity contribution in [1.82, 2.24) is 15.0 Å². The predicted molar refractivity (Wildman–Crippen MR) is 116 cm³/mol. The van der Waals surface area contributed by atoms with E-state index < -0.39 is 10.0 Å². The summed E-state index contributed by atoms with van der Waals surface area (Å²) in [6.07, 6.45) is 4.42. The van der Waals surface area contributed by atoms with Gasteiger partial charge in [-0.25, -0.2) is 23.4 Å². The third kappa shape index (κ3) is 4.45. The normalized spacial score (nSPS) is 11.5. The van der Waals surface area contributed by atoms with Crippen LogP contribution < -0.4 is 14.2 Å². The number of rotatable bonds is 6. The number of fused-ring (bicyclic) bond motifs is 1. The molecule has 0 bridgehead atoms. The minimum Gasteiger partial charge on any atom is -0.495 e. The minimum absolute atomic E-state index is 0.0339. The fourth-order valence-electron chi connectivity index (χ4n) is 2.61. The molecule has 1 aromatic carbocycles. The van der Waals surface area contributed by atoms with Crippen molar-refractivity contribution in [1.29, 1.82) is 0 Å². The lowest BCUT2D eigenvalue weighted by atomic mass is 10.1. The number of aromatic nitrogens is 3. The van der Waals surface area contributed by atoms with Crippen LogP contribution in [-0.4, -0.2) is 50.1 Å². The Hall–Kier alpha value is -2.01. The highest BCUT2D eigenvalue weighted by Gasteiger charge is 2.22. The summed E-state index contributed by atoms with van der Waals surface area (Å²) < 4.78 is 36.8. The number of pyridine rings is 1. The molecule has 154 valence electrons. The second-order valence-electron chi connectivity index (χ2n) is 5.81. The van der Waals surface area contributed by atoms with Crippen LogP contribution in [-0.2, 0) is 10.0 Å². The molecule has 0 saturated heterocycles. The fourth-order valence-corrected chi connectivity index (χ4v) is 4.14. The molecule has 2 heterocycles. The maximum absolute atomic E-state index is 11.9. The number of benzene rings is 1. The van der Waals surface area contributed by atoms with E-state index in [0.717, 1.165) is 6.26 Å². The Kier molecular flexibility index (Phi) is 6.27. The third-order valence-electron chi connectivity index (χ3n) is 3.84. The van der Waals surface area contributed by atoms with E-state index in [2.05, 4.69) is 19.7 Å². The number of halogens is 2. The largest absolute Gasteiger partial charge is 0.495 e. The zero-order valence-corrected chi connectivity index (χ0v) is 18.9. The lowest BCUT2D eigenvalue weighted by Crippen LogP contribution is -2.12. The Bertz CT molecular complexity index is 1180. The Morgan fingerprint density at radius 3 is 2.21 bits per heavy atom. The fraction of sp³-hybridized carbons (Fsp3) is 0.235. The van der Waals surface area contributed by atoms with Gasteiger partial charge in [-0.2, -0.15) is 0 Å². The number of sulfonamides is 1. The molecule has 0 saturated carbocycles. The number of methoxy groups -OCH3 is 2. The van der Waals surface area contributed by atoms with E-state index in [9.17, 15) is 8.42 Å². The number of ether oxygens (including phenoxy) is 2. The van der Waals surface area contributed by atoms with Crippen molar-refractivity contribution in [3.63, 3.8) is 0 Å². The van der Waals surface area contributed by atoms with Crippen molar-refractivity contribution in [3.05, 3.63) is 28.4 Å². The van der Waals surface area contributed by atoms with E-state index in [4.69, 9.17) is 32.7 Å². The molecule has 0 radical (unpaired) electrons. The first kappa shape index (κ1) is 21.7. The summed E-state index contributed by atoms with van der Waals surface area (Å²) in [5.74, 6) is 0.694. The monoisotopic (exact) mass is 474 g/mol. The highest BCUT2D eigenvalue weighted by atomic mass is 35.5. The molecule has 12 heteroatoms. The van der Waals surface area contributed by atoms with Gasteiger partial charge >= 0.3 is 0 Å². The van der Waals surface area contributed by atoms with Gasteiger partial charge in [-0.3, -0.25) is 4.72 Å². The van der Waals surface area contributed by atoms with Gasteiger partial charge in [-0.05, 0) is 12.3 Å². The zero-order chi connectivity index (χ0) is 21.3. The first-order valence-electron chi connectivity index (χ1n) is 7.98. The molecule has 1 N–H and O–H groups in total. The first-order valence-corrected chi connectivity index (χ1v) is 11.9. The zero-order valence-electron chi connectivity index (χ0n) is 15.8. The summed E-state index contributed by atoms with van der Waals surface area (Å²) in [5, 5.41) is 1.44. The summed E-state index contributed by atoms with van der Waals surface area (Å²) in [4.78, 5) is 13.0. The summed E-state index contributed by atoms with van der Waals surface area (Å²) in [5.41, 5.74) is 0.980. The summed E-state index contributed by atoms with van der Waals surface area (Å²) in [7, 11) is -0.710. The Morgan fingerprint density at radius 1 is 1.07 bits per heavy atom. The van der Waals surface area contributed by atoms with Crippen molar-refractivity contribution in [3.8, 4) is 22.8 Å². The van der Waals surface area contributed by atoms with E-state index >= 15 is 0 Å². The molecule has 0 aliphatic rings. The van der Waals surface area contributed by atoms with E-state index in [1.54, 1.807) is 18.3 Å². The third-order valence-corrected chi connectivity index (χ3v) is 5.71. The number of hydrogen-bond acceptors (Lipinski definition) is 8. The van der Waals surface area contributed by atoms with Crippen LogP contribution >= 0.6 is 35.0 Å². The molecule has 0 unspecified atom stereocenters. The van der Waals surface area contributed by atoms with Gasteiger partial charge in [0.15, 0.2) is 11.0 Å². The predicted octanol–water partition coefficient (Wildman–Crippen LogP) is 4.11. The van der Waals surface area contributed by atoms with Gasteiger partial charge in [-0.15, -0.1) is 0 Å². The number of nitrogens with zero attached hydrogens (tertiary/aromatic N) is 3. The molecule has 0 amide bonds. The van der Waals surface area contributed by atoms with Gasteiger partial charge in [0.2, 0.25) is 10.0 Å². The van der Waals surface area contributed by atoms with Gasteiger partial charge in [0.25, 0.3) is 0 Å². The maximum atomic E-state index is 11.9. The van der Waals surface area contributed by atoms with E-state index in [0.29, 0.717) is 38.8 Å². The summed E-state index contributed by atoms with van der Waals surface area (Å²) in [6, 6.07) is 3.22. The molecule has 0 spiro atoms. The first-order chi connectivity index (χ1) is 13.7. The van der Waals surface area contributed by atoms with Crippen molar-refractivity contribution in [2.24, 2.45) is 0 Å².